The van der Waals surface area contributed by atoms with Crippen LogP contribution in [0.1, 0.15) is 31.2 Å². The van der Waals surface area contributed by atoms with Gasteiger partial charge in [0.2, 0.25) is 0 Å². The zero-order valence-corrected chi connectivity index (χ0v) is 18.1. The number of fused-ring (bicyclic) bond motifs is 1. The highest BCUT2D eigenvalue weighted by Gasteiger charge is 2.60. The molecule has 2 aliphatic carbocycles. The molecular formula is C26H22N6O. The average molecular weight is 435 g/mol. The molecule has 7 rings (SSSR count). The lowest BCUT2D eigenvalue weighted by molar-refractivity contribution is -0.0608. The van der Waals surface area contributed by atoms with E-state index in [0.29, 0.717) is 5.56 Å². The topological polar surface area (TPSA) is 90.7 Å². The zero-order valence-electron chi connectivity index (χ0n) is 18.1. The molecule has 7 heteroatoms. The Morgan fingerprint density at radius 1 is 0.909 bits per heavy atom. The van der Waals surface area contributed by atoms with E-state index >= 15 is 0 Å². The number of H-pyrrole nitrogens is 1. The molecule has 4 aromatic rings. The van der Waals surface area contributed by atoms with Crippen LogP contribution in [0.3, 0.4) is 0 Å². The Hall–Kier alpha value is -3.76. The molecular weight excluding hydrogens is 412 g/mol. The van der Waals surface area contributed by atoms with Crippen LogP contribution in [-0.2, 0) is 4.74 Å². The van der Waals surface area contributed by atoms with Crippen molar-refractivity contribution < 1.29 is 4.74 Å². The number of nitriles is 1. The minimum Gasteiger partial charge on any atom is -0.365 e. The van der Waals surface area contributed by atoms with E-state index in [1.165, 1.54) is 0 Å². The smallest absolute Gasteiger partial charge is 0.132 e. The van der Waals surface area contributed by atoms with Crippen molar-refractivity contribution in [3.8, 4) is 28.6 Å². The molecule has 33 heavy (non-hydrogen) atoms. The normalized spacial score (nSPS) is 19.7. The maximum atomic E-state index is 9.07. The molecule has 0 amide bonds. The van der Waals surface area contributed by atoms with E-state index in [2.05, 4.69) is 49.3 Å². The molecule has 2 aromatic heterocycles. The summed E-state index contributed by atoms with van der Waals surface area (Å²) in [6.45, 7) is 1.80. The first-order valence-electron chi connectivity index (χ1n) is 11.4. The van der Waals surface area contributed by atoms with Gasteiger partial charge >= 0.3 is 0 Å². The molecule has 2 aromatic carbocycles. The van der Waals surface area contributed by atoms with E-state index in [1.807, 2.05) is 30.3 Å². The van der Waals surface area contributed by atoms with Crippen LogP contribution in [0.4, 0.5) is 5.82 Å². The largest absolute Gasteiger partial charge is 0.365 e. The third-order valence-corrected chi connectivity index (χ3v) is 7.14. The van der Waals surface area contributed by atoms with Crippen molar-refractivity contribution in [3.05, 3.63) is 60.4 Å². The molecule has 1 aliphatic heterocycles. The molecule has 0 atom stereocenters. The highest BCUT2D eigenvalue weighted by Crippen LogP contribution is 2.55. The molecule has 0 bridgehead atoms. The summed E-state index contributed by atoms with van der Waals surface area (Å²) in [5.74, 6) is 0.945. The monoisotopic (exact) mass is 434 g/mol. The number of hydrogen-bond donors (Lipinski definition) is 1. The van der Waals surface area contributed by atoms with Gasteiger partial charge in [-0.05, 0) is 61.1 Å². The van der Waals surface area contributed by atoms with Gasteiger partial charge in [0.25, 0.3) is 0 Å². The van der Waals surface area contributed by atoms with Gasteiger partial charge < -0.3 is 9.64 Å². The first kappa shape index (κ1) is 18.8. The molecule has 2 spiro atoms. The van der Waals surface area contributed by atoms with E-state index in [4.69, 9.17) is 10.00 Å². The molecule has 2 saturated carbocycles. The fourth-order valence-corrected chi connectivity index (χ4v) is 5.01. The summed E-state index contributed by atoms with van der Waals surface area (Å²) in [5, 5.41) is 17.8. The third kappa shape index (κ3) is 3.18. The van der Waals surface area contributed by atoms with Crippen LogP contribution in [0.2, 0.25) is 0 Å². The van der Waals surface area contributed by atoms with Gasteiger partial charge in [-0.25, -0.2) is 9.97 Å². The number of rotatable bonds is 3. The molecule has 7 nitrogen and oxygen atoms in total. The van der Waals surface area contributed by atoms with E-state index in [9.17, 15) is 0 Å². The Kier molecular flexibility index (Phi) is 3.77. The number of ether oxygens (including phenoxy) is 1. The van der Waals surface area contributed by atoms with Gasteiger partial charge in [0.1, 0.15) is 17.8 Å². The SMILES string of the molecule is N#Cc1ccc(-c2ccc3[nH]nc(-c4cc(N5CC6(CC6)OC6(CC6)C5)ncn4)c3c2)cc1. The predicted octanol–water partition coefficient (Wildman–Crippen LogP) is 4.46. The number of aromatic amines is 1. The van der Waals surface area contributed by atoms with Crippen LogP contribution in [0, 0.1) is 11.3 Å². The van der Waals surface area contributed by atoms with Gasteiger partial charge in [-0.1, -0.05) is 18.2 Å². The summed E-state index contributed by atoms with van der Waals surface area (Å²) in [4.78, 5) is 11.6. The van der Waals surface area contributed by atoms with Gasteiger partial charge in [0.15, 0.2) is 0 Å². The standard InChI is InChI=1S/C26H22N6O/c27-13-17-1-3-18(4-2-17)19-5-6-21-20(11-19)24(31-30-21)22-12-23(29-16-28-22)32-14-25(7-8-25)33-26(15-32)9-10-26/h1-6,11-12,16H,7-10,14-15H2,(H,30,31). The lowest BCUT2D eigenvalue weighted by Gasteiger charge is -2.39. The van der Waals surface area contributed by atoms with Crippen LogP contribution in [-0.4, -0.2) is 44.5 Å². The summed E-state index contributed by atoms with van der Waals surface area (Å²) in [6, 6.07) is 18.1. The Morgan fingerprint density at radius 2 is 1.64 bits per heavy atom. The van der Waals surface area contributed by atoms with Crippen molar-refractivity contribution in [1.82, 2.24) is 20.2 Å². The summed E-state index contributed by atoms with van der Waals surface area (Å²) < 4.78 is 6.44. The average Bonchev–Trinajstić information content (AvgIpc) is 3.74. The summed E-state index contributed by atoms with van der Waals surface area (Å²) in [6.07, 6.45) is 6.22. The zero-order chi connectivity index (χ0) is 22.0. The Balaban J connectivity index is 1.25. The lowest BCUT2D eigenvalue weighted by Crippen LogP contribution is -2.50. The molecule has 1 N–H and O–H groups in total. The van der Waals surface area contributed by atoms with Gasteiger partial charge in [-0.15, -0.1) is 0 Å². The number of anilines is 1. The van der Waals surface area contributed by atoms with Crippen molar-refractivity contribution in [2.24, 2.45) is 0 Å². The maximum Gasteiger partial charge on any atom is 0.132 e. The van der Waals surface area contributed by atoms with E-state index < -0.39 is 0 Å². The molecule has 162 valence electrons. The number of benzene rings is 2. The summed E-state index contributed by atoms with van der Waals surface area (Å²) in [7, 11) is 0. The van der Waals surface area contributed by atoms with Crippen molar-refractivity contribution in [2.75, 3.05) is 18.0 Å². The Labute approximate surface area is 191 Å². The van der Waals surface area contributed by atoms with Crippen molar-refractivity contribution in [2.45, 2.75) is 36.9 Å². The first-order chi connectivity index (χ1) is 16.1. The predicted molar refractivity (Wildman–Crippen MR) is 124 cm³/mol. The minimum absolute atomic E-state index is 0.0366. The van der Waals surface area contributed by atoms with E-state index in [-0.39, 0.29) is 11.2 Å². The molecule has 0 radical (unpaired) electrons. The van der Waals surface area contributed by atoms with Crippen LogP contribution in [0.5, 0.6) is 0 Å². The van der Waals surface area contributed by atoms with Gasteiger partial charge in [0.05, 0.1) is 34.0 Å². The molecule has 0 unspecified atom stereocenters. The third-order valence-electron chi connectivity index (χ3n) is 7.14. The second-order valence-corrected chi connectivity index (χ2v) is 9.61. The molecule has 3 fully saturated rings. The maximum absolute atomic E-state index is 9.07. The number of nitrogens with zero attached hydrogens (tertiary/aromatic N) is 5. The Morgan fingerprint density at radius 3 is 2.33 bits per heavy atom. The Bertz CT molecular complexity index is 1410. The van der Waals surface area contributed by atoms with Gasteiger partial charge in [-0.2, -0.15) is 10.4 Å². The summed E-state index contributed by atoms with van der Waals surface area (Å²) in [5.41, 5.74) is 5.45. The second kappa shape index (κ2) is 6.63. The van der Waals surface area contributed by atoms with Crippen LogP contribution >= 0.6 is 0 Å². The van der Waals surface area contributed by atoms with Crippen molar-refractivity contribution in [3.63, 3.8) is 0 Å². The second-order valence-electron chi connectivity index (χ2n) is 9.61. The number of morpholine rings is 1. The van der Waals surface area contributed by atoms with Crippen LogP contribution in [0.15, 0.2) is 54.9 Å². The van der Waals surface area contributed by atoms with Gasteiger partial charge in [-0.3, -0.25) is 5.10 Å². The quantitative estimate of drug-likeness (QED) is 0.512. The fraction of sp³-hybridized carbons (Fsp3) is 0.308. The number of hydrogen-bond acceptors (Lipinski definition) is 6. The first-order valence-corrected chi connectivity index (χ1v) is 11.4. The molecule has 3 heterocycles. The lowest BCUT2D eigenvalue weighted by atomic mass is 10.0. The van der Waals surface area contributed by atoms with Crippen molar-refractivity contribution in [1.29, 1.82) is 5.26 Å². The molecule has 1 saturated heterocycles. The van der Waals surface area contributed by atoms with E-state index in [1.54, 1.807) is 6.33 Å². The highest BCUT2D eigenvalue weighted by atomic mass is 16.5. The van der Waals surface area contributed by atoms with Crippen LogP contribution in [0.25, 0.3) is 33.4 Å². The fourth-order valence-electron chi connectivity index (χ4n) is 5.01. The van der Waals surface area contributed by atoms with E-state index in [0.717, 1.165) is 78.0 Å². The number of aromatic nitrogens is 4. The summed E-state index contributed by atoms with van der Waals surface area (Å²) >= 11 is 0. The minimum atomic E-state index is 0.0366. The van der Waals surface area contributed by atoms with Gasteiger partial charge in [0, 0.05) is 24.5 Å². The highest BCUT2D eigenvalue weighted by molar-refractivity contribution is 5.95. The van der Waals surface area contributed by atoms with Crippen LogP contribution < -0.4 is 4.90 Å². The molecule has 3 aliphatic rings. The van der Waals surface area contributed by atoms with Crippen molar-refractivity contribution >= 4 is 16.7 Å². The number of nitrogens with one attached hydrogen (secondary N) is 1.